The molecule has 1 saturated carbocycles. The van der Waals surface area contributed by atoms with Crippen LogP contribution in [0.5, 0.6) is 0 Å². The van der Waals surface area contributed by atoms with Gasteiger partial charge in [-0.1, -0.05) is 6.07 Å². The van der Waals surface area contributed by atoms with Gasteiger partial charge in [-0.2, -0.15) is 0 Å². The Hall–Kier alpha value is -2.47. The van der Waals surface area contributed by atoms with Gasteiger partial charge >= 0.3 is 5.97 Å². The van der Waals surface area contributed by atoms with Gasteiger partial charge in [-0.15, -0.1) is 11.3 Å². The number of aromatic nitrogens is 2. The summed E-state index contributed by atoms with van der Waals surface area (Å²) in [5, 5.41) is 14.7. The van der Waals surface area contributed by atoms with Crippen molar-refractivity contribution >= 4 is 33.3 Å². The molecule has 0 aliphatic heterocycles. The van der Waals surface area contributed by atoms with Crippen LogP contribution in [0, 0.1) is 6.92 Å². The van der Waals surface area contributed by atoms with E-state index in [1.807, 2.05) is 18.4 Å². The van der Waals surface area contributed by atoms with Crippen LogP contribution in [0.1, 0.15) is 28.8 Å². The Bertz CT molecular complexity index is 915. The lowest BCUT2D eigenvalue weighted by Crippen LogP contribution is -2.03. The normalized spacial score (nSPS) is 14.1. The molecule has 1 aliphatic rings. The minimum Gasteiger partial charge on any atom is -0.478 e. The molecule has 1 aromatic carbocycles. The van der Waals surface area contributed by atoms with Gasteiger partial charge in [-0.05, 0) is 43.0 Å². The van der Waals surface area contributed by atoms with Crippen LogP contribution < -0.4 is 5.32 Å². The Kier molecular flexibility index (Phi) is 3.27. The first-order valence-electron chi connectivity index (χ1n) is 7.46. The molecule has 0 bridgehead atoms. The summed E-state index contributed by atoms with van der Waals surface area (Å²) in [6, 6.07) is 5.71. The number of carbonyl (C=O) groups is 1. The molecule has 0 atom stereocenters. The second-order valence-corrected chi connectivity index (χ2v) is 6.68. The van der Waals surface area contributed by atoms with E-state index in [9.17, 15) is 9.90 Å². The molecule has 1 aliphatic carbocycles. The molecule has 5 nitrogen and oxygen atoms in total. The van der Waals surface area contributed by atoms with Crippen LogP contribution >= 0.6 is 11.3 Å². The van der Waals surface area contributed by atoms with Crippen LogP contribution in [-0.2, 0) is 0 Å². The number of aromatic carboxylic acids is 1. The monoisotopic (exact) mass is 325 g/mol. The first kappa shape index (κ1) is 14.1. The number of thiophene rings is 1. The topological polar surface area (TPSA) is 75.1 Å². The van der Waals surface area contributed by atoms with E-state index < -0.39 is 5.97 Å². The molecule has 0 unspecified atom stereocenters. The number of fused-ring (bicyclic) bond motifs is 1. The summed E-state index contributed by atoms with van der Waals surface area (Å²) in [4.78, 5) is 20.0. The molecule has 6 heteroatoms. The first-order chi connectivity index (χ1) is 11.1. The molecule has 2 aromatic heterocycles. The van der Waals surface area contributed by atoms with Crippen molar-refractivity contribution in [1.29, 1.82) is 0 Å². The number of nitrogens with zero attached hydrogens (tertiary/aromatic N) is 2. The molecule has 116 valence electrons. The molecule has 2 heterocycles. The Morgan fingerprint density at radius 1 is 1.30 bits per heavy atom. The molecule has 0 spiro atoms. The van der Waals surface area contributed by atoms with Crippen molar-refractivity contribution < 1.29 is 9.90 Å². The third-order valence-corrected chi connectivity index (χ3v) is 5.02. The SMILES string of the molecule is Cc1ccc(C(=O)O)cc1-c1csc2c(NC3CC3)ncnc12. The summed E-state index contributed by atoms with van der Waals surface area (Å²) in [7, 11) is 0. The van der Waals surface area contributed by atoms with Crippen LogP contribution in [0.2, 0.25) is 0 Å². The van der Waals surface area contributed by atoms with Crippen molar-refractivity contribution in [3.63, 3.8) is 0 Å². The van der Waals surface area contributed by atoms with Crippen molar-refractivity contribution in [1.82, 2.24) is 9.97 Å². The van der Waals surface area contributed by atoms with Gasteiger partial charge in [0.1, 0.15) is 12.1 Å². The molecule has 0 radical (unpaired) electrons. The molecular weight excluding hydrogens is 310 g/mol. The molecule has 0 amide bonds. The summed E-state index contributed by atoms with van der Waals surface area (Å²) < 4.78 is 1.02. The van der Waals surface area contributed by atoms with Crippen molar-refractivity contribution in [3.8, 4) is 11.1 Å². The van der Waals surface area contributed by atoms with Gasteiger partial charge in [0.2, 0.25) is 0 Å². The first-order valence-corrected chi connectivity index (χ1v) is 8.34. The third kappa shape index (κ3) is 2.55. The van der Waals surface area contributed by atoms with Gasteiger partial charge in [0.05, 0.1) is 15.8 Å². The van der Waals surface area contributed by atoms with E-state index in [-0.39, 0.29) is 5.56 Å². The summed E-state index contributed by atoms with van der Waals surface area (Å²) in [6.07, 6.45) is 3.94. The maximum Gasteiger partial charge on any atom is 0.335 e. The van der Waals surface area contributed by atoms with Crippen molar-refractivity contribution in [2.24, 2.45) is 0 Å². The Labute approximate surface area is 137 Å². The van der Waals surface area contributed by atoms with Gasteiger partial charge in [-0.25, -0.2) is 14.8 Å². The van der Waals surface area contributed by atoms with E-state index in [0.29, 0.717) is 6.04 Å². The minimum absolute atomic E-state index is 0.287. The highest BCUT2D eigenvalue weighted by Gasteiger charge is 2.23. The van der Waals surface area contributed by atoms with Crippen molar-refractivity contribution in [2.75, 3.05) is 5.32 Å². The number of aryl methyl sites for hydroxylation is 1. The molecular formula is C17H15N3O2S. The maximum atomic E-state index is 11.2. The van der Waals surface area contributed by atoms with Crippen LogP contribution in [0.3, 0.4) is 0 Å². The van der Waals surface area contributed by atoms with Gasteiger partial charge in [0.25, 0.3) is 0 Å². The van der Waals surface area contributed by atoms with Crippen LogP contribution in [0.15, 0.2) is 29.9 Å². The second-order valence-electron chi connectivity index (χ2n) is 5.80. The Balaban J connectivity index is 1.86. The molecule has 2 N–H and O–H groups in total. The van der Waals surface area contributed by atoms with Crippen LogP contribution in [0.25, 0.3) is 21.3 Å². The van der Waals surface area contributed by atoms with E-state index in [2.05, 4.69) is 15.3 Å². The number of carboxylic acids is 1. The molecule has 3 aromatic rings. The second kappa shape index (κ2) is 5.31. The lowest BCUT2D eigenvalue weighted by atomic mass is 9.99. The van der Waals surface area contributed by atoms with Crippen molar-refractivity contribution in [2.45, 2.75) is 25.8 Å². The fourth-order valence-electron chi connectivity index (χ4n) is 2.61. The predicted octanol–water partition coefficient (Wildman–Crippen LogP) is 3.94. The highest BCUT2D eigenvalue weighted by Crippen LogP contribution is 2.38. The van der Waals surface area contributed by atoms with E-state index >= 15 is 0 Å². The standard InChI is InChI=1S/C17H15N3O2S/c1-9-2-3-10(17(21)22)6-12(9)13-7-23-15-14(13)18-8-19-16(15)20-11-4-5-11/h2-3,6-8,11H,4-5H2,1H3,(H,21,22)(H,18,19,20). The molecule has 4 rings (SSSR count). The van der Waals surface area contributed by atoms with E-state index in [1.165, 1.54) is 12.8 Å². The number of hydrogen-bond acceptors (Lipinski definition) is 5. The number of benzene rings is 1. The van der Waals surface area contributed by atoms with Gasteiger partial charge < -0.3 is 10.4 Å². The lowest BCUT2D eigenvalue weighted by molar-refractivity contribution is 0.0697. The fourth-order valence-corrected chi connectivity index (χ4v) is 3.58. The zero-order valence-corrected chi connectivity index (χ0v) is 13.4. The highest BCUT2D eigenvalue weighted by atomic mass is 32.1. The number of nitrogens with one attached hydrogen (secondary N) is 1. The quantitative estimate of drug-likeness (QED) is 0.760. The third-order valence-electron chi connectivity index (χ3n) is 4.05. The summed E-state index contributed by atoms with van der Waals surface area (Å²) in [5.74, 6) is -0.0442. The Morgan fingerprint density at radius 2 is 2.13 bits per heavy atom. The lowest BCUT2D eigenvalue weighted by Gasteiger charge is -2.07. The average molecular weight is 325 g/mol. The van der Waals surface area contributed by atoms with E-state index in [4.69, 9.17) is 0 Å². The number of rotatable bonds is 4. The summed E-state index contributed by atoms with van der Waals surface area (Å²) in [5.41, 5.74) is 4.07. The van der Waals surface area contributed by atoms with Gasteiger partial charge in [0, 0.05) is 17.0 Å². The minimum atomic E-state index is -0.920. The van der Waals surface area contributed by atoms with Gasteiger partial charge in [-0.3, -0.25) is 0 Å². The van der Waals surface area contributed by atoms with Crippen LogP contribution in [0.4, 0.5) is 5.82 Å². The molecule has 1 fully saturated rings. The highest BCUT2D eigenvalue weighted by molar-refractivity contribution is 7.18. The number of anilines is 1. The van der Waals surface area contributed by atoms with Gasteiger partial charge in [0.15, 0.2) is 0 Å². The summed E-state index contributed by atoms with van der Waals surface area (Å²) >= 11 is 1.59. The maximum absolute atomic E-state index is 11.2. The van der Waals surface area contributed by atoms with E-state index in [0.717, 1.165) is 32.7 Å². The van der Waals surface area contributed by atoms with Crippen molar-refractivity contribution in [3.05, 3.63) is 41.0 Å². The number of carboxylic acid groups (broad SMARTS) is 1. The zero-order valence-electron chi connectivity index (χ0n) is 12.5. The smallest absolute Gasteiger partial charge is 0.335 e. The molecule has 23 heavy (non-hydrogen) atoms. The van der Waals surface area contributed by atoms with E-state index in [1.54, 1.807) is 29.8 Å². The fraction of sp³-hybridized carbons (Fsp3) is 0.235. The summed E-state index contributed by atoms with van der Waals surface area (Å²) in [6.45, 7) is 1.98. The molecule has 0 saturated heterocycles. The largest absolute Gasteiger partial charge is 0.478 e. The van der Waals surface area contributed by atoms with Crippen LogP contribution in [-0.4, -0.2) is 27.1 Å². The number of hydrogen-bond donors (Lipinski definition) is 2. The Morgan fingerprint density at radius 3 is 2.87 bits per heavy atom. The predicted molar refractivity (Wildman–Crippen MR) is 91.2 cm³/mol. The average Bonchev–Trinajstić information content (AvgIpc) is 3.24. The zero-order chi connectivity index (χ0) is 16.0.